The number of rotatable bonds is 7. The van der Waals surface area contributed by atoms with Crippen molar-refractivity contribution in [2.75, 3.05) is 13.2 Å². The van der Waals surface area contributed by atoms with Gasteiger partial charge in [0.25, 0.3) is 0 Å². The lowest BCUT2D eigenvalue weighted by Crippen LogP contribution is -2.27. The lowest BCUT2D eigenvalue weighted by atomic mass is 10.1. The number of imidazole rings is 1. The van der Waals surface area contributed by atoms with Crippen LogP contribution in [0.4, 0.5) is 0 Å². The van der Waals surface area contributed by atoms with Gasteiger partial charge < -0.3 is 15.0 Å². The molecule has 0 radical (unpaired) electrons. The number of H-pyrrole nitrogens is 1. The van der Waals surface area contributed by atoms with Crippen LogP contribution in [0.15, 0.2) is 42.5 Å². The number of hydrogen-bond donors (Lipinski definition) is 2. The van der Waals surface area contributed by atoms with Crippen LogP contribution in [-0.4, -0.2) is 29.0 Å². The number of aryl methyl sites for hydroxylation is 1. The summed E-state index contributed by atoms with van der Waals surface area (Å²) in [6.07, 6.45) is 1.02. The number of nitrogens with one attached hydrogen (secondary N) is 2. The Morgan fingerprint density at radius 2 is 2.00 bits per heavy atom. The second kappa shape index (κ2) is 7.83. The fraction of sp³-hybridized carbons (Fsp3) is 0.300. The Labute approximate surface area is 147 Å². The van der Waals surface area contributed by atoms with Crippen molar-refractivity contribution >= 4 is 16.9 Å². The first-order valence-corrected chi connectivity index (χ1v) is 8.53. The van der Waals surface area contributed by atoms with Crippen LogP contribution in [0.25, 0.3) is 11.0 Å². The molecule has 3 rings (SSSR count). The van der Waals surface area contributed by atoms with Gasteiger partial charge in [-0.15, -0.1) is 0 Å². The van der Waals surface area contributed by atoms with Crippen LogP contribution in [-0.2, 0) is 11.2 Å². The van der Waals surface area contributed by atoms with E-state index in [1.165, 1.54) is 5.56 Å². The van der Waals surface area contributed by atoms with Gasteiger partial charge in [0, 0.05) is 13.0 Å². The first kappa shape index (κ1) is 17.0. The van der Waals surface area contributed by atoms with Crippen molar-refractivity contribution in [3.8, 4) is 5.75 Å². The van der Waals surface area contributed by atoms with Crippen LogP contribution in [0.2, 0.25) is 0 Å². The van der Waals surface area contributed by atoms with Gasteiger partial charge in [-0.2, -0.15) is 0 Å². The third kappa shape index (κ3) is 4.38. The maximum absolute atomic E-state index is 11.9. The van der Waals surface area contributed by atoms with Crippen LogP contribution in [0.1, 0.15) is 23.4 Å². The summed E-state index contributed by atoms with van der Waals surface area (Å²) in [5.41, 5.74) is 4.28. The summed E-state index contributed by atoms with van der Waals surface area (Å²) in [6.45, 7) is 5.01. The van der Waals surface area contributed by atoms with Crippen molar-refractivity contribution in [2.24, 2.45) is 0 Å². The zero-order chi connectivity index (χ0) is 17.6. The molecule has 0 aliphatic carbocycles. The van der Waals surface area contributed by atoms with Gasteiger partial charge in [0.15, 0.2) is 0 Å². The highest BCUT2D eigenvalue weighted by atomic mass is 16.5. The Bertz CT molecular complexity index is 837. The van der Waals surface area contributed by atoms with E-state index in [9.17, 15) is 4.79 Å². The van der Waals surface area contributed by atoms with E-state index in [0.29, 0.717) is 26.0 Å². The van der Waals surface area contributed by atoms with E-state index in [2.05, 4.69) is 15.3 Å². The lowest BCUT2D eigenvalue weighted by Gasteiger charge is -2.10. The molecule has 0 fully saturated rings. The number of carbonyl (C=O) groups is 1. The van der Waals surface area contributed by atoms with Gasteiger partial charge >= 0.3 is 0 Å². The molecule has 2 N–H and O–H groups in total. The van der Waals surface area contributed by atoms with Crippen molar-refractivity contribution in [1.82, 2.24) is 15.3 Å². The van der Waals surface area contributed by atoms with E-state index in [1.807, 2.05) is 56.3 Å². The van der Waals surface area contributed by atoms with Crippen molar-refractivity contribution < 1.29 is 9.53 Å². The van der Waals surface area contributed by atoms with Crippen LogP contribution >= 0.6 is 0 Å². The molecule has 3 aromatic rings. The van der Waals surface area contributed by atoms with Gasteiger partial charge in [-0.05, 0) is 43.2 Å². The number of fused-ring (bicyclic) bond motifs is 1. The Morgan fingerprint density at radius 1 is 1.16 bits per heavy atom. The second-order valence-corrected chi connectivity index (χ2v) is 6.10. The summed E-state index contributed by atoms with van der Waals surface area (Å²) in [7, 11) is 0. The van der Waals surface area contributed by atoms with Gasteiger partial charge in [-0.25, -0.2) is 4.98 Å². The lowest BCUT2D eigenvalue weighted by molar-refractivity contribution is -0.121. The predicted octanol–water partition coefficient (Wildman–Crippen LogP) is 3.31. The highest BCUT2D eigenvalue weighted by Crippen LogP contribution is 2.20. The summed E-state index contributed by atoms with van der Waals surface area (Å²) in [5, 5.41) is 2.91. The number of amides is 1. The summed E-state index contributed by atoms with van der Waals surface area (Å²) in [6, 6.07) is 13.8. The van der Waals surface area contributed by atoms with Crippen molar-refractivity contribution in [3.63, 3.8) is 0 Å². The van der Waals surface area contributed by atoms with Crippen LogP contribution < -0.4 is 10.1 Å². The molecular weight excluding hydrogens is 314 g/mol. The molecule has 1 amide bonds. The minimum absolute atomic E-state index is 0.0126. The molecule has 25 heavy (non-hydrogen) atoms. The van der Waals surface area contributed by atoms with Gasteiger partial charge in [0.05, 0.1) is 24.1 Å². The van der Waals surface area contributed by atoms with E-state index in [-0.39, 0.29) is 5.91 Å². The minimum atomic E-state index is -0.0126. The van der Waals surface area contributed by atoms with Crippen molar-refractivity contribution in [1.29, 1.82) is 0 Å². The molecule has 0 unspecified atom stereocenters. The number of carbonyl (C=O) groups excluding carboxylic acids is 1. The van der Waals surface area contributed by atoms with E-state index < -0.39 is 0 Å². The average molecular weight is 337 g/mol. The highest BCUT2D eigenvalue weighted by Gasteiger charge is 2.06. The van der Waals surface area contributed by atoms with E-state index in [0.717, 1.165) is 28.2 Å². The standard InChI is InChI=1S/C20H23N3O2/c1-14-6-5-9-18(15(14)2)25-13-11-20(24)21-12-10-19-22-16-7-3-4-8-17(16)23-19/h3-9H,10-13H2,1-2H3,(H,21,24)(H,22,23). The third-order valence-electron chi connectivity index (χ3n) is 4.26. The molecule has 0 aliphatic rings. The maximum atomic E-state index is 11.9. The van der Waals surface area contributed by atoms with Gasteiger partial charge in [0.1, 0.15) is 11.6 Å². The first-order valence-electron chi connectivity index (χ1n) is 8.53. The normalized spacial score (nSPS) is 10.8. The monoisotopic (exact) mass is 337 g/mol. The number of hydrogen-bond acceptors (Lipinski definition) is 3. The Hall–Kier alpha value is -2.82. The van der Waals surface area contributed by atoms with Crippen molar-refractivity contribution in [3.05, 3.63) is 59.4 Å². The molecule has 130 valence electrons. The molecule has 0 aliphatic heterocycles. The Balaban J connectivity index is 1.40. The Kier molecular flexibility index (Phi) is 5.33. The van der Waals surface area contributed by atoms with Crippen LogP contribution in [0.3, 0.4) is 0 Å². The fourth-order valence-electron chi connectivity index (χ4n) is 2.67. The topological polar surface area (TPSA) is 67.0 Å². The highest BCUT2D eigenvalue weighted by molar-refractivity contribution is 5.76. The number of ether oxygens (including phenoxy) is 1. The molecule has 0 bridgehead atoms. The maximum Gasteiger partial charge on any atom is 0.223 e. The predicted molar refractivity (Wildman–Crippen MR) is 98.8 cm³/mol. The molecule has 1 heterocycles. The molecule has 0 saturated carbocycles. The number of nitrogens with zero attached hydrogens (tertiary/aromatic N) is 1. The van der Waals surface area contributed by atoms with Gasteiger partial charge in [0.2, 0.25) is 5.91 Å². The largest absolute Gasteiger partial charge is 0.493 e. The number of para-hydroxylation sites is 2. The summed E-state index contributed by atoms with van der Waals surface area (Å²) in [4.78, 5) is 19.7. The molecule has 0 saturated heterocycles. The average Bonchev–Trinajstić information content (AvgIpc) is 3.01. The first-order chi connectivity index (χ1) is 12.1. The molecular formula is C20H23N3O2. The fourth-order valence-corrected chi connectivity index (χ4v) is 2.67. The molecule has 0 spiro atoms. The zero-order valence-corrected chi connectivity index (χ0v) is 14.6. The quantitative estimate of drug-likeness (QED) is 0.695. The van der Waals surface area contributed by atoms with Crippen molar-refractivity contribution in [2.45, 2.75) is 26.7 Å². The van der Waals surface area contributed by atoms with E-state index in [4.69, 9.17) is 4.74 Å². The SMILES string of the molecule is Cc1cccc(OCCC(=O)NCCc2nc3ccccc3[nH]2)c1C. The van der Waals surface area contributed by atoms with Gasteiger partial charge in [-0.3, -0.25) is 4.79 Å². The van der Waals surface area contributed by atoms with Gasteiger partial charge in [-0.1, -0.05) is 24.3 Å². The molecule has 1 aromatic heterocycles. The molecule has 5 nitrogen and oxygen atoms in total. The van der Waals surface area contributed by atoms with E-state index >= 15 is 0 Å². The summed E-state index contributed by atoms with van der Waals surface area (Å²) >= 11 is 0. The minimum Gasteiger partial charge on any atom is -0.493 e. The van der Waals surface area contributed by atoms with Crippen LogP contribution in [0.5, 0.6) is 5.75 Å². The molecule has 5 heteroatoms. The number of benzene rings is 2. The smallest absolute Gasteiger partial charge is 0.223 e. The van der Waals surface area contributed by atoms with E-state index in [1.54, 1.807) is 0 Å². The second-order valence-electron chi connectivity index (χ2n) is 6.10. The zero-order valence-electron chi connectivity index (χ0n) is 14.6. The summed E-state index contributed by atoms with van der Waals surface area (Å²) in [5.74, 6) is 1.71. The molecule has 2 aromatic carbocycles. The number of aromatic amines is 1. The Morgan fingerprint density at radius 3 is 2.84 bits per heavy atom. The number of aromatic nitrogens is 2. The third-order valence-corrected chi connectivity index (χ3v) is 4.26. The van der Waals surface area contributed by atoms with Crippen LogP contribution in [0, 0.1) is 13.8 Å². The summed E-state index contributed by atoms with van der Waals surface area (Å²) < 4.78 is 5.71. The molecule has 0 atom stereocenters.